The van der Waals surface area contributed by atoms with E-state index in [1.54, 1.807) is 24.4 Å². The second-order valence-electron chi connectivity index (χ2n) is 2.59. The highest BCUT2D eigenvalue weighted by atomic mass is 31.2. The van der Waals surface area contributed by atoms with Crippen molar-refractivity contribution in [2.45, 2.75) is 0 Å². The summed E-state index contributed by atoms with van der Waals surface area (Å²) in [5, 5.41) is 0. The number of imidazole rings is 1. The number of rotatable bonds is 1. The second kappa shape index (κ2) is 2.67. The van der Waals surface area contributed by atoms with Crippen molar-refractivity contribution in [1.82, 2.24) is 9.38 Å². The summed E-state index contributed by atoms with van der Waals surface area (Å²) in [5.74, 6) is 0. The van der Waals surface area contributed by atoms with Crippen molar-refractivity contribution in [2.24, 2.45) is 0 Å². The van der Waals surface area contributed by atoms with Crippen LogP contribution in [0.15, 0.2) is 30.6 Å². The minimum absolute atomic E-state index is 0.0805. The minimum atomic E-state index is -4.22. The molecule has 0 amide bonds. The van der Waals surface area contributed by atoms with Gasteiger partial charge in [0.2, 0.25) is 0 Å². The average molecular weight is 198 g/mol. The highest BCUT2D eigenvalue weighted by Crippen LogP contribution is 2.32. The van der Waals surface area contributed by atoms with Gasteiger partial charge >= 0.3 is 7.60 Å². The van der Waals surface area contributed by atoms with E-state index >= 15 is 0 Å². The van der Waals surface area contributed by atoms with Crippen LogP contribution in [0.3, 0.4) is 0 Å². The molecule has 0 atom stereocenters. The van der Waals surface area contributed by atoms with E-state index in [-0.39, 0.29) is 5.44 Å². The SMILES string of the molecule is O=P(O)(O)c1cnc2ccccn12. The Labute approximate surface area is 73.8 Å². The first-order valence-corrected chi connectivity index (χ1v) is 5.18. The summed E-state index contributed by atoms with van der Waals surface area (Å²) in [6.45, 7) is 0. The second-order valence-corrected chi connectivity index (χ2v) is 4.14. The van der Waals surface area contributed by atoms with Crippen LogP contribution in [0.25, 0.3) is 5.65 Å². The fourth-order valence-corrected chi connectivity index (χ4v) is 1.79. The maximum absolute atomic E-state index is 10.9. The molecule has 2 N–H and O–H groups in total. The standard InChI is InChI=1S/C7H7N2O3P/c10-13(11,12)7-5-8-6-3-1-2-4-9(6)7/h1-5H,(H2,10,11,12). The molecule has 2 rings (SSSR count). The molecule has 2 aromatic heterocycles. The van der Waals surface area contributed by atoms with Crippen molar-refractivity contribution >= 4 is 18.7 Å². The highest BCUT2D eigenvalue weighted by molar-refractivity contribution is 7.60. The van der Waals surface area contributed by atoms with Crippen LogP contribution in [-0.2, 0) is 4.57 Å². The molecule has 13 heavy (non-hydrogen) atoms. The van der Waals surface area contributed by atoms with E-state index < -0.39 is 7.60 Å². The Morgan fingerprint density at radius 2 is 2.15 bits per heavy atom. The van der Waals surface area contributed by atoms with Gasteiger partial charge in [-0.2, -0.15) is 0 Å². The van der Waals surface area contributed by atoms with Crippen molar-refractivity contribution in [3.8, 4) is 0 Å². The number of nitrogens with zero attached hydrogens (tertiary/aromatic N) is 2. The van der Waals surface area contributed by atoms with Crippen LogP contribution in [-0.4, -0.2) is 19.2 Å². The molecule has 2 aromatic rings. The van der Waals surface area contributed by atoms with Crippen LogP contribution in [0, 0.1) is 0 Å². The number of fused-ring (bicyclic) bond motifs is 1. The van der Waals surface area contributed by atoms with Crippen molar-refractivity contribution in [3.63, 3.8) is 0 Å². The number of hydrogen-bond donors (Lipinski definition) is 2. The molecule has 0 saturated heterocycles. The normalized spacial score (nSPS) is 12.2. The first kappa shape index (κ1) is 8.44. The van der Waals surface area contributed by atoms with Crippen molar-refractivity contribution in [1.29, 1.82) is 0 Å². The Kier molecular flexibility index (Phi) is 1.73. The summed E-state index contributed by atoms with van der Waals surface area (Å²) in [5.41, 5.74) is 0.448. The van der Waals surface area contributed by atoms with E-state index in [1.165, 1.54) is 10.6 Å². The van der Waals surface area contributed by atoms with Crippen LogP contribution in [0.5, 0.6) is 0 Å². The first-order valence-electron chi connectivity index (χ1n) is 3.57. The molecule has 0 radical (unpaired) electrons. The van der Waals surface area contributed by atoms with Crippen LogP contribution in [0.1, 0.15) is 0 Å². The molecule has 0 bridgehead atoms. The van der Waals surface area contributed by atoms with Gasteiger partial charge in [0, 0.05) is 6.20 Å². The van der Waals surface area contributed by atoms with Crippen molar-refractivity contribution in [3.05, 3.63) is 30.6 Å². The van der Waals surface area contributed by atoms with E-state index in [0.29, 0.717) is 5.65 Å². The Hall–Kier alpha value is -1.16. The lowest BCUT2D eigenvalue weighted by Gasteiger charge is -2.01. The maximum atomic E-state index is 10.9. The highest BCUT2D eigenvalue weighted by Gasteiger charge is 2.21. The van der Waals surface area contributed by atoms with Gasteiger partial charge in [0.15, 0.2) is 5.44 Å². The molecule has 0 unspecified atom stereocenters. The zero-order valence-corrected chi connectivity index (χ0v) is 7.43. The zero-order valence-electron chi connectivity index (χ0n) is 6.53. The summed E-state index contributed by atoms with van der Waals surface area (Å²) in [6, 6.07) is 5.12. The van der Waals surface area contributed by atoms with Crippen LogP contribution >= 0.6 is 7.60 Å². The predicted octanol–water partition coefficient (Wildman–Crippen LogP) is 0.137. The van der Waals surface area contributed by atoms with Gasteiger partial charge in [-0.25, -0.2) is 4.98 Å². The minimum Gasteiger partial charge on any atom is -0.320 e. The Balaban J connectivity index is 2.79. The van der Waals surface area contributed by atoms with Gasteiger partial charge in [-0.15, -0.1) is 0 Å². The number of aromatic nitrogens is 2. The van der Waals surface area contributed by atoms with E-state index in [1.807, 2.05) is 0 Å². The van der Waals surface area contributed by atoms with Gasteiger partial charge in [-0.1, -0.05) is 6.07 Å². The molecule has 0 spiro atoms. The quantitative estimate of drug-likeness (QED) is 0.639. The molecule has 68 valence electrons. The third kappa shape index (κ3) is 1.37. The molecular weight excluding hydrogens is 191 g/mol. The van der Waals surface area contributed by atoms with Crippen LogP contribution in [0.4, 0.5) is 0 Å². The zero-order chi connectivity index (χ0) is 9.47. The van der Waals surface area contributed by atoms with E-state index in [0.717, 1.165) is 0 Å². The lowest BCUT2D eigenvalue weighted by Crippen LogP contribution is -2.09. The predicted molar refractivity (Wildman–Crippen MR) is 46.9 cm³/mol. The van der Waals surface area contributed by atoms with Crippen molar-refractivity contribution < 1.29 is 14.4 Å². The summed E-state index contributed by atoms with van der Waals surface area (Å²) < 4.78 is 12.3. The molecule has 2 heterocycles. The molecule has 0 aromatic carbocycles. The Bertz CT molecular complexity index is 487. The van der Waals surface area contributed by atoms with Gasteiger partial charge < -0.3 is 9.79 Å². The molecule has 0 aliphatic heterocycles. The van der Waals surface area contributed by atoms with E-state index in [2.05, 4.69) is 4.98 Å². The fourth-order valence-electron chi connectivity index (χ4n) is 1.13. The van der Waals surface area contributed by atoms with Crippen LogP contribution < -0.4 is 5.44 Å². The Morgan fingerprint density at radius 3 is 2.85 bits per heavy atom. The summed E-state index contributed by atoms with van der Waals surface area (Å²) in [4.78, 5) is 21.7. The lowest BCUT2D eigenvalue weighted by atomic mass is 10.5. The van der Waals surface area contributed by atoms with Crippen LogP contribution in [0.2, 0.25) is 0 Å². The monoisotopic (exact) mass is 198 g/mol. The summed E-state index contributed by atoms with van der Waals surface area (Å²) >= 11 is 0. The van der Waals surface area contributed by atoms with Gasteiger partial charge in [0.25, 0.3) is 0 Å². The third-order valence-electron chi connectivity index (χ3n) is 1.70. The smallest absolute Gasteiger partial charge is 0.320 e. The Morgan fingerprint density at radius 1 is 1.38 bits per heavy atom. The molecule has 6 heteroatoms. The fraction of sp³-hybridized carbons (Fsp3) is 0. The maximum Gasteiger partial charge on any atom is 0.374 e. The average Bonchev–Trinajstić information content (AvgIpc) is 2.45. The molecule has 0 saturated carbocycles. The van der Waals surface area contributed by atoms with Gasteiger partial charge in [-0.05, 0) is 12.1 Å². The molecule has 5 nitrogen and oxygen atoms in total. The van der Waals surface area contributed by atoms with Crippen molar-refractivity contribution in [2.75, 3.05) is 0 Å². The molecular formula is C7H7N2O3P. The summed E-state index contributed by atoms with van der Waals surface area (Å²) in [7, 11) is -4.22. The van der Waals surface area contributed by atoms with E-state index in [9.17, 15) is 4.57 Å². The summed E-state index contributed by atoms with van der Waals surface area (Å²) in [6.07, 6.45) is 2.76. The van der Waals surface area contributed by atoms with Gasteiger partial charge in [0.05, 0.1) is 6.20 Å². The lowest BCUT2D eigenvalue weighted by molar-refractivity contribution is 0.386. The number of hydrogen-bond acceptors (Lipinski definition) is 2. The third-order valence-corrected chi connectivity index (χ3v) is 2.62. The molecule has 0 aliphatic carbocycles. The first-order chi connectivity index (χ1) is 6.09. The molecule has 0 aliphatic rings. The largest absolute Gasteiger partial charge is 0.374 e. The van der Waals surface area contributed by atoms with Gasteiger partial charge in [-0.3, -0.25) is 8.97 Å². The molecule has 0 fully saturated rings. The van der Waals surface area contributed by atoms with Gasteiger partial charge in [0.1, 0.15) is 5.65 Å². The number of pyridine rings is 1. The van der Waals surface area contributed by atoms with E-state index in [4.69, 9.17) is 9.79 Å². The topological polar surface area (TPSA) is 74.8 Å².